The summed E-state index contributed by atoms with van der Waals surface area (Å²) in [7, 11) is -1.68. The first kappa shape index (κ1) is 13.6. The Balaban J connectivity index is 2.28. The second-order valence-electron chi connectivity index (χ2n) is 7.33. The van der Waals surface area contributed by atoms with E-state index in [0.29, 0.717) is 0 Å². The summed E-state index contributed by atoms with van der Waals surface area (Å²) in [4.78, 5) is 0. The van der Waals surface area contributed by atoms with Crippen LogP contribution in [0.15, 0.2) is 36.4 Å². The van der Waals surface area contributed by atoms with Crippen LogP contribution >= 0.6 is 0 Å². The Morgan fingerprint density at radius 3 is 2.20 bits per heavy atom. The van der Waals surface area contributed by atoms with Crippen LogP contribution < -0.4 is 10.4 Å². The molecular weight excluding hydrogens is 263 g/mol. The molecule has 2 aromatic rings. The molecule has 0 nitrogen and oxygen atoms in total. The highest BCUT2D eigenvalue weighted by atomic mass is 28.3. The fourth-order valence-corrected chi connectivity index (χ4v) is 6.27. The average molecular weight is 284 g/mol. The van der Waals surface area contributed by atoms with Gasteiger partial charge in [0, 0.05) is 0 Å². The van der Waals surface area contributed by atoms with Gasteiger partial charge >= 0.3 is 0 Å². The summed E-state index contributed by atoms with van der Waals surface area (Å²) in [5, 5.41) is 2.81. The van der Waals surface area contributed by atoms with E-state index in [-0.39, 0.29) is 11.2 Å². The van der Waals surface area contributed by atoms with Gasteiger partial charge in [-0.15, -0.1) is 0 Å². The van der Waals surface area contributed by atoms with Crippen molar-refractivity contribution < 1.29 is 4.39 Å². The second kappa shape index (κ2) is 4.04. The first-order chi connectivity index (χ1) is 9.21. The largest absolute Gasteiger partial charge is 0.207 e. The topological polar surface area (TPSA) is 0 Å². The molecule has 0 aliphatic carbocycles. The van der Waals surface area contributed by atoms with E-state index in [4.69, 9.17) is 0 Å². The van der Waals surface area contributed by atoms with Gasteiger partial charge in [-0.25, -0.2) is 4.39 Å². The fraction of sp³-hybridized carbons (Fsp3) is 0.333. The number of hydrogen-bond acceptors (Lipinski definition) is 0. The van der Waals surface area contributed by atoms with Crippen LogP contribution in [-0.2, 0) is 5.41 Å². The minimum Gasteiger partial charge on any atom is -0.207 e. The van der Waals surface area contributed by atoms with Gasteiger partial charge in [0.15, 0.2) is 0 Å². The van der Waals surface area contributed by atoms with Crippen molar-refractivity contribution >= 4 is 18.4 Å². The summed E-state index contributed by atoms with van der Waals surface area (Å²) in [6.45, 7) is 11.4. The maximum Gasteiger partial charge on any atom is 0.123 e. The zero-order valence-electron chi connectivity index (χ0n) is 12.8. The van der Waals surface area contributed by atoms with Crippen LogP contribution in [0, 0.1) is 5.82 Å². The highest BCUT2D eigenvalue weighted by molar-refractivity contribution is 7.03. The number of hydrogen-bond donors (Lipinski definition) is 0. The van der Waals surface area contributed by atoms with Crippen molar-refractivity contribution in [3.63, 3.8) is 0 Å². The van der Waals surface area contributed by atoms with Crippen molar-refractivity contribution in [1.29, 1.82) is 0 Å². The molecule has 1 aliphatic heterocycles. The molecule has 104 valence electrons. The molecule has 3 rings (SSSR count). The first-order valence-electron chi connectivity index (χ1n) is 7.17. The van der Waals surface area contributed by atoms with Gasteiger partial charge in [0.25, 0.3) is 0 Å². The lowest BCUT2D eigenvalue weighted by molar-refractivity contribution is 0.591. The zero-order valence-corrected chi connectivity index (χ0v) is 13.8. The van der Waals surface area contributed by atoms with E-state index < -0.39 is 8.07 Å². The summed E-state index contributed by atoms with van der Waals surface area (Å²) in [6, 6.07) is 12.0. The Labute approximate surface area is 121 Å². The molecule has 0 N–H and O–H groups in total. The Bertz CT molecular complexity index is 693. The van der Waals surface area contributed by atoms with E-state index in [1.807, 2.05) is 6.07 Å². The van der Waals surface area contributed by atoms with Gasteiger partial charge in [0.2, 0.25) is 0 Å². The molecule has 0 aromatic heterocycles. The summed E-state index contributed by atoms with van der Waals surface area (Å²) >= 11 is 0. The number of rotatable bonds is 0. The van der Waals surface area contributed by atoms with Crippen LogP contribution in [0.2, 0.25) is 13.1 Å². The average Bonchev–Trinajstić information content (AvgIpc) is 2.57. The fourth-order valence-electron chi connectivity index (χ4n) is 3.19. The van der Waals surface area contributed by atoms with Crippen molar-refractivity contribution in [2.45, 2.75) is 39.3 Å². The molecule has 0 fully saturated rings. The van der Waals surface area contributed by atoms with E-state index in [0.717, 1.165) is 5.56 Å². The molecule has 1 heterocycles. The maximum absolute atomic E-state index is 13.6. The number of fused-ring (bicyclic) bond motifs is 3. The van der Waals surface area contributed by atoms with Crippen LogP contribution in [0.25, 0.3) is 11.1 Å². The molecule has 2 heteroatoms. The molecule has 1 aliphatic rings. The Morgan fingerprint density at radius 2 is 1.55 bits per heavy atom. The first-order valence-corrected chi connectivity index (χ1v) is 10.2. The highest BCUT2D eigenvalue weighted by Gasteiger charge is 2.38. The van der Waals surface area contributed by atoms with E-state index in [1.165, 1.54) is 21.5 Å². The van der Waals surface area contributed by atoms with Gasteiger partial charge in [0.05, 0.1) is 0 Å². The normalized spacial score (nSPS) is 15.9. The molecule has 0 unspecified atom stereocenters. The second-order valence-corrected chi connectivity index (χ2v) is 11.7. The van der Waals surface area contributed by atoms with Crippen molar-refractivity contribution in [2.75, 3.05) is 0 Å². The monoisotopic (exact) mass is 284 g/mol. The molecular formula is C18H21FSi. The Kier molecular flexibility index (Phi) is 2.74. The summed E-state index contributed by atoms with van der Waals surface area (Å²) < 4.78 is 13.6. The van der Waals surface area contributed by atoms with Crippen molar-refractivity contribution in [2.24, 2.45) is 0 Å². The summed E-state index contributed by atoms with van der Waals surface area (Å²) in [5.41, 5.74) is 3.87. The molecule has 0 bridgehead atoms. The van der Waals surface area contributed by atoms with Crippen LogP contribution in [0.1, 0.15) is 26.3 Å². The number of halogens is 1. The summed E-state index contributed by atoms with van der Waals surface area (Å²) in [5.74, 6) is -0.138. The van der Waals surface area contributed by atoms with E-state index in [1.54, 1.807) is 12.1 Å². The Hall–Kier alpha value is -1.41. The third-order valence-electron chi connectivity index (χ3n) is 4.50. The molecule has 0 atom stereocenters. The van der Waals surface area contributed by atoms with E-state index >= 15 is 0 Å². The maximum atomic E-state index is 13.6. The lowest BCUT2D eigenvalue weighted by Gasteiger charge is -2.23. The Morgan fingerprint density at radius 1 is 0.850 bits per heavy atom. The van der Waals surface area contributed by atoms with Crippen LogP contribution in [0.4, 0.5) is 4.39 Å². The van der Waals surface area contributed by atoms with Crippen LogP contribution in [0.5, 0.6) is 0 Å². The molecule has 0 spiro atoms. The lowest BCUT2D eigenvalue weighted by atomic mass is 9.86. The molecule has 20 heavy (non-hydrogen) atoms. The van der Waals surface area contributed by atoms with Gasteiger partial charge in [-0.1, -0.05) is 58.1 Å². The van der Waals surface area contributed by atoms with Crippen molar-refractivity contribution in [3.8, 4) is 11.1 Å². The third-order valence-corrected chi connectivity index (χ3v) is 8.05. The van der Waals surface area contributed by atoms with E-state index in [9.17, 15) is 4.39 Å². The SMILES string of the molecule is CC(C)(C)c1ccc2c(c1)[Si](C)(C)c1ccc(F)cc1-2. The van der Waals surface area contributed by atoms with Crippen LogP contribution in [-0.4, -0.2) is 8.07 Å². The molecule has 0 saturated carbocycles. The predicted octanol–water partition coefficient (Wildman–Crippen LogP) is 3.93. The molecule has 0 saturated heterocycles. The van der Waals surface area contributed by atoms with Crippen LogP contribution in [0.3, 0.4) is 0 Å². The zero-order chi connectivity index (χ0) is 14.7. The quantitative estimate of drug-likeness (QED) is 0.643. The van der Waals surface area contributed by atoms with E-state index in [2.05, 4.69) is 52.1 Å². The van der Waals surface area contributed by atoms with Crippen molar-refractivity contribution in [1.82, 2.24) is 0 Å². The van der Waals surface area contributed by atoms with Crippen molar-refractivity contribution in [3.05, 3.63) is 47.8 Å². The third kappa shape index (κ3) is 1.86. The van der Waals surface area contributed by atoms with Gasteiger partial charge in [-0.05, 0) is 44.6 Å². The minimum atomic E-state index is -1.68. The lowest BCUT2D eigenvalue weighted by Crippen LogP contribution is -2.49. The van der Waals surface area contributed by atoms with Gasteiger partial charge in [0.1, 0.15) is 13.9 Å². The highest BCUT2D eigenvalue weighted by Crippen LogP contribution is 2.31. The van der Waals surface area contributed by atoms with Gasteiger partial charge < -0.3 is 0 Å². The number of benzene rings is 2. The van der Waals surface area contributed by atoms with Gasteiger partial charge in [-0.3, -0.25) is 0 Å². The summed E-state index contributed by atoms with van der Waals surface area (Å²) in [6.07, 6.45) is 0. The predicted molar refractivity (Wildman–Crippen MR) is 87.3 cm³/mol. The standard InChI is InChI=1S/C18H21FSi/c1-18(2,3)12-6-8-14-15-11-13(19)7-9-16(15)20(4,5)17(14)10-12/h6-11H,1-5H3. The molecule has 2 aromatic carbocycles. The molecule has 0 amide bonds. The van der Waals surface area contributed by atoms with Gasteiger partial charge in [-0.2, -0.15) is 0 Å². The smallest absolute Gasteiger partial charge is 0.123 e. The minimum absolute atomic E-state index is 0.138. The molecule has 0 radical (unpaired) electrons.